The minimum absolute atomic E-state index is 0.328. The molecule has 5 heteroatoms. The van der Waals surface area contributed by atoms with Crippen molar-refractivity contribution in [2.75, 3.05) is 31.5 Å². The van der Waals surface area contributed by atoms with Crippen LogP contribution in [0.1, 0.15) is 25.8 Å². The minimum Gasteiger partial charge on any atom is -0.389 e. The van der Waals surface area contributed by atoms with Crippen molar-refractivity contribution in [3.8, 4) is 0 Å². The average molecular weight is 300 g/mol. The maximum atomic E-state index is 6.12. The molecule has 0 fully saturated rings. The monoisotopic (exact) mass is 299 g/mol. The topological polar surface area (TPSA) is 41.3 Å². The van der Waals surface area contributed by atoms with Gasteiger partial charge in [-0.25, -0.2) is 0 Å². The first-order valence-corrected chi connectivity index (χ1v) is 7.43. The van der Waals surface area contributed by atoms with Gasteiger partial charge in [0.2, 0.25) is 0 Å². The first-order chi connectivity index (χ1) is 9.10. The van der Waals surface area contributed by atoms with E-state index in [1.807, 2.05) is 12.1 Å². The van der Waals surface area contributed by atoms with Gasteiger partial charge in [0, 0.05) is 18.8 Å². The van der Waals surface area contributed by atoms with E-state index in [2.05, 4.69) is 24.1 Å². The molecule has 1 aromatic rings. The summed E-state index contributed by atoms with van der Waals surface area (Å²) in [4.78, 5) is 2.73. The number of nitrogens with two attached hydrogens (primary N) is 1. The quantitative estimate of drug-likeness (QED) is 0.724. The van der Waals surface area contributed by atoms with Gasteiger partial charge in [0.1, 0.15) is 4.99 Å². The number of anilines is 1. The van der Waals surface area contributed by atoms with Crippen LogP contribution >= 0.6 is 23.8 Å². The second-order valence-electron chi connectivity index (χ2n) is 4.39. The molecule has 0 aliphatic carbocycles. The summed E-state index contributed by atoms with van der Waals surface area (Å²) in [5, 5.41) is 3.96. The maximum Gasteiger partial charge on any atom is 0.107 e. The highest BCUT2D eigenvalue weighted by molar-refractivity contribution is 7.80. The standard InChI is InChI=1S/C14H22ClN3S/c1-3-9-18(4-2)10-8-17-12-7-5-6-11(15)13(12)14(16)19/h5-7,17H,3-4,8-10H2,1-2H3,(H2,16,19). The van der Waals surface area contributed by atoms with E-state index < -0.39 is 0 Å². The van der Waals surface area contributed by atoms with Crippen LogP contribution in [0.15, 0.2) is 18.2 Å². The molecule has 0 aromatic heterocycles. The molecule has 0 aliphatic rings. The fraction of sp³-hybridized carbons (Fsp3) is 0.500. The van der Waals surface area contributed by atoms with E-state index in [4.69, 9.17) is 29.6 Å². The molecule has 3 nitrogen and oxygen atoms in total. The van der Waals surface area contributed by atoms with Crippen LogP contribution in [0.2, 0.25) is 5.02 Å². The summed E-state index contributed by atoms with van der Waals surface area (Å²) < 4.78 is 0. The van der Waals surface area contributed by atoms with Crippen molar-refractivity contribution in [1.82, 2.24) is 4.90 Å². The Labute approximate surface area is 126 Å². The number of likely N-dealkylation sites (N-methyl/N-ethyl adjacent to an activating group) is 1. The van der Waals surface area contributed by atoms with Crippen LogP contribution in [-0.2, 0) is 0 Å². The molecule has 19 heavy (non-hydrogen) atoms. The lowest BCUT2D eigenvalue weighted by Crippen LogP contribution is -2.30. The highest BCUT2D eigenvalue weighted by atomic mass is 35.5. The lowest BCUT2D eigenvalue weighted by Gasteiger charge is -2.20. The number of nitrogens with zero attached hydrogens (tertiary/aromatic N) is 1. The van der Waals surface area contributed by atoms with Crippen molar-refractivity contribution >= 4 is 34.5 Å². The number of rotatable bonds is 8. The van der Waals surface area contributed by atoms with E-state index in [0.717, 1.165) is 37.4 Å². The summed E-state index contributed by atoms with van der Waals surface area (Å²) in [7, 11) is 0. The SMILES string of the molecule is CCCN(CC)CCNc1cccc(Cl)c1C(N)=S. The normalized spacial score (nSPS) is 10.7. The van der Waals surface area contributed by atoms with Gasteiger partial charge >= 0.3 is 0 Å². The van der Waals surface area contributed by atoms with Crippen LogP contribution in [-0.4, -0.2) is 36.1 Å². The molecule has 0 radical (unpaired) electrons. The summed E-state index contributed by atoms with van der Waals surface area (Å²) in [5.41, 5.74) is 7.36. The first-order valence-electron chi connectivity index (χ1n) is 6.64. The van der Waals surface area contributed by atoms with Crippen LogP contribution in [0.25, 0.3) is 0 Å². The second kappa shape index (κ2) is 8.35. The van der Waals surface area contributed by atoms with Crippen LogP contribution < -0.4 is 11.1 Å². The average Bonchev–Trinajstić information content (AvgIpc) is 2.37. The Balaban J connectivity index is 2.63. The number of thiocarbonyl (C=S) groups is 1. The largest absolute Gasteiger partial charge is 0.389 e. The summed E-state index contributed by atoms with van der Waals surface area (Å²) in [6, 6.07) is 5.66. The van der Waals surface area contributed by atoms with E-state index in [1.165, 1.54) is 6.42 Å². The van der Waals surface area contributed by atoms with E-state index >= 15 is 0 Å². The summed E-state index contributed by atoms with van der Waals surface area (Å²) in [6.07, 6.45) is 1.17. The lowest BCUT2D eigenvalue weighted by atomic mass is 10.1. The molecular weight excluding hydrogens is 278 g/mol. The number of hydrogen-bond donors (Lipinski definition) is 2. The van der Waals surface area contributed by atoms with Crippen molar-refractivity contribution in [2.24, 2.45) is 5.73 Å². The Morgan fingerprint density at radius 3 is 2.68 bits per heavy atom. The number of hydrogen-bond acceptors (Lipinski definition) is 3. The Morgan fingerprint density at radius 1 is 1.37 bits per heavy atom. The highest BCUT2D eigenvalue weighted by Crippen LogP contribution is 2.24. The third-order valence-corrected chi connectivity index (χ3v) is 3.51. The molecule has 0 unspecified atom stereocenters. The van der Waals surface area contributed by atoms with Gasteiger partial charge in [0.05, 0.1) is 10.6 Å². The third-order valence-electron chi connectivity index (χ3n) is 2.99. The molecule has 0 saturated carbocycles. The van der Waals surface area contributed by atoms with E-state index in [1.54, 1.807) is 6.07 Å². The Morgan fingerprint density at radius 2 is 2.11 bits per heavy atom. The summed E-state index contributed by atoms with van der Waals surface area (Å²) in [5.74, 6) is 0. The third kappa shape index (κ3) is 4.97. The van der Waals surface area contributed by atoms with Gasteiger partial charge in [-0.15, -0.1) is 0 Å². The van der Waals surface area contributed by atoms with Gasteiger partial charge in [0.15, 0.2) is 0 Å². The van der Waals surface area contributed by atoms with E-state index in [9.17, 15) is 0 Å². The molecule has 1 aromatic carbocycles. The van der Waals surface area contributed by atoms with Crippen LogP contribution in [0, 0.1) is 0 Å². The predicted octanol–water partition coefficient (Wildman–Crippen LogP) is 3.12. The number of benzene rings is 1. The number of nitrogens with one attached hydrogen (secondary N) is 1. The van der Waals surface area contributed by atoms with E-state index in [0.29, 0.717) is 10.0 Å². The van der Waals surface area contributed by atoms with Gasteiger partial charge in [0.25, 0.3) is 0 Å². The molecule has 0 heterocycles. The lowest BCUT2D eigenvalue weighted by molar-refractivity contribution is 0.300. The highest BCUT2D eigenvalue weighted by Gasteiger charge is 2.09. The molecule has 1 rings (SSSR count). The van der Waals surface area contributed by atoms with Crippen molar-refractivity contribution in [2.45, 2.75) is 20.3 Å². The van der Waals surface area contributed by atoms with Gasteiger partial charge < -0.3 is 16.0 Å². The van der Waals surface area contributed by atoms with E-state index in [-0.39, 0.29) is 0 Å². The zero-order valence-corrected chi connectivity index (χ0v) is 13.2. The number of halogens is 1. The van der Waals surface area contributed by atoms with Crippen molar-refractivity contribution in [1.29, 1.82) is 0 Å². The molecule has 0 amide bonds. The fourth-order valence-corrected chi connectivity index (χ4v) is 2.57. The molecule has 3 N–H and O–H groups in total. The minimum atomic E-state index is 0.328. The zero-order chi connectivity index (χ0) is 14.3. The fourth-order valence-electron chi connectivity index (χ4n) is 2.01. The molecule has 106 valence electrons. The molecule has 0 spiro atoms. The maximum absolute atomic E-state index is 6.12. The van der Waals surface area contributed by atoms with Crippen molar-refractivity contribution < 1.29 is 0 Å². The van der Waals surface area contributed by atoms with Gasteiger partial charge in [-0.1, -0.05) is 43.7 Å². The molecule has 0 aliphatic heterocycles. The molecule has 0 saturated heterocycles. The van der Waals surface area contributed by atoms with Crippen LogP contribution in [0.4, 0.5) is 5.69 Å². The molecule has 0 bridgehead atoms. The summed E-state index contributed by atoms with van der Waals surface area (Å²) in [6.45, 7) is 8.40. The van der Waals surface area contributed by atoms with Gasteiger partial charge in [-0.05, 0) is 31.6 Å². The van der Waals surface area contributed by atoms with Gasteiger partial charge in [-0.2, -0.15) is 0 Å². The smallest absolute Gasteiger partial charge is 0.107 e. The summed E-state index contributed by atoms with van der Waals surface area (Å²) >= 11 is 11.2. The van der Waals surface area contributed by atoms with Gasteiger partial charge in [-0.3, -0.25) is 0 Å². The Hall–Kier alpha value is -0.840. The molecule has 0 atom stereocenters. The first kappa shape index (κ1) is 16.2. The zero-order valence-electron chi connectivity index (χ0n) is 11.6. The second-order valence-corrected chi connectivity index (χ2v) is 5.23. The Kier molecular flexibility index (Phi) is 7.13. The van der Waals surface area contributed by atoms with Crippen molar-refractivity contribution in [3.05, 3.63) is 28.8 Å². The molecular formula is C14H22ClN3S. The van der Waals surface area contributed by atoms with Crippen LogP contribution in [0.3, 0.4) is 0 Å². The van der Waals surface area contributed by atoms with Crippen molar-refractivity contribution in [3.63, 3.8) is 0 Å². The Bertz CT molecular complexity index is 423. The van der Waals surface area contributed by atoms with Crippen LogP contribution in [0.5, 0.6) is 0 Å². The predicted molar refractivity (Wildman–Crippen MR) is 88.2 cm³/mol.